The van der Waals surface area contributed by atoms with E-state index in [1.54, 1.807) is 41.2 Å². The van der Waals surface area contributed by atoms with Crippen LogP contribution in [-0.2, 0) is 11.3 Å². The molecule has 0 radical (unpaired) electrons. The van der Waals surface area contributed by atoms with Crippen LogP contribution < -0.4 is 0 Å². The Morgan fingerprint density at radius 3 is 2.67 bits per heavy atom. The first-order chi connectivity index (χ1) is 11.6. The van der Waals surface area contributed by atoms with Crippen molar-refractivity contribution in [3.63, 3.8) is 0 Å². The molecule has 24 heavy (non-hydrogen) atoms. The number of nitrogens with zero attached hydrogens (tertiary/aromatic N) is 2. The topological polar surface area (TPSA) is 44.1 Å². The summed E-state index contributed by atoms with van der Waals surface area (Å²) in [4.78, 5) is 15.7. The highest BCUT2D eigenvalue weighted by Crippen LogP contribution is 2.29. The van der Waals surface area contributed by atoms with E-state index in [1.165, 1.54) is 13.2 Å². The quantitative estimate of drug-likeness (QED) is 0.667. The van der Waals surface area contributed by atoms with Crippen LogP contribution in [0.15, 0.2) is 54.9 Å². The lowest BCUT2D eigenvalue weighted by molar-refractivity contribution is 0.0600. The molecule has 3 rings (SSSR count). The van der Waals surface area contributed by atoms with Crippen LogP contribution in [0.25, 0.3) is 11.4 Å². The minimum absolute atomic E-state index is 0.273. The Bertz CT molecular complexity index is 855. The number of hydrogen-bond donors (Lipinski definition) is 0. The van der Waals surface area contributed by atoms with Crippen LogP contribution in [0.3, 0.4) is 0 Å². The van der Waals surface area contributed by atoms with Gasteiger partial charge in [0.15, 0.2) is 0 Å². The van der Waals surface area contributed by atoms with Gasteiger partial charge in [0.05, 0.1) is 23.3 Å². The van der Waals surface area contributed by atoms with Crippen molar-refractivity contribution in [2.75, 3.05) is 7.11 Å². The maximum absolute atomic E-state index is 14.1. The fourth-order valence-electron chi connectivity index (χ4n) is 2.44. The van der Waals surface area contributed by atoms with Crippen LogP contribution in [0.5, 0.6) is 0 Å². The van der Waals surface area contributed by atoms with E-state index in [1.807, 2.05) is 12.1 Å². The molecule has 0 aliphatic rings. The lowest BCUT2D eigenvalue weighted by atomic mass is 10.1. The summed E-state index contributed by atoms with van der Waals surface area (Å²) in [6.45, 7) is 0.474. The molecule has 0 saturated heterocycles. The Morgan fingerprint density at radius 1 is 1.25 bits per heavy atom. The minimum Gasteiger partial charge on any atom is -0.465 e. The van der Waals surface area contributed by atoms with Gasteiger partial charge < -0.3 is 9.30 Å². The molecule has 122 valence electrons. The summed E-state index contributed by atoms with van der Waals surface area (Å²) in [7, 11) is 1.34. The largest absolute Gasteiger partial charge is 0.465 e. The first kappa shape index (κ1) is 16.2. The second-order valence-corrected chi connectivity index (χ2v) is 5.57. The average Bonchev–Trinajstić information content (AvgIpc) is 3.02. The number of halogens is 2. The third kappa shape index (κ3) is 3.16. The van der Waals surface area contributed by atoms with E-state index in [0.29, 0.717) is 23.0 Å². The third-order valence-electron chi connectivity index (χ3n) is 3.63. The molecule has 6 heteroatoms. The normalized spacial score (nSPS) is 10.6. The summed E-state index contributed by atoms with van der Waals surface area (Å²) in [5.74, 6) is -0.353. The minimum atomic E-state index is -0.420. The summed E-state index contributed by atoms with van der Waals surface area (Å²) in [5, 5.41) is 0.309. The van der Waals surface area contributed by atoms with Gasteiger partial charge >= 0.3 is 5.97 Å². The Balaban J connectivity index is 1.90. The number of benzene rings is 2. The van der Waals surface area contributed by atoms with Gasteiger partial charge in [-0.15, -0.1) is 0 Å². The second-order valence-electron chi connectivity index (χ2n) is 5.16. The first-order valence-corrected chi connectivity index (χ1v) is 7.60. The van der Waals surface area contributed by atoms with Crippen LogP contribution >= 0.6 is 11.6 Å². The lowest BCUT2D eigenvalue weighted by Gasteiger charge is -2.10. The van der Waals surface area contributed by atoms with Gasteiger partial charge in [0.1, 0.15) is 11.6 Å². The second kappa shape index (κ2) is 6.84. The van der Waals surface area contributed by atoms with E-state index < -0.39 is 5.82 Å². The van der Waals surface area contributed by atoms with E-state index in [4.69, 9.17) is 11.6 Å². The first-order valence-electron chi connectivity index (χ1n) is 7.23. The Hall–Kier alpha value is -2.66. The molecule has 4 nitrogen and oxygen atoms in total. The summed E-state index contributed by atoms with van der Waals surface area (Å²) >= 11 is 6.12. The summed E-state index contributed by atoms with van der Waals surface area (Å²) < 4.78 is 20.6. The zero-order valence-electron chi connectivity index (χ0n) is 12.9. The molecule has 0 saturated carbocycles. The highest BCUT2D eigenvalue weighted by molar-refractivity contribution is 6.33. The van der Waals surface area contributed by atoms with Gasteiger partial charge in [-0.2, -0.15) is 0 Å². The molecular formula is C18H14ClFN2O2. The SMILES string of the molecule is COC(=O)c1ccc(Cn2ccnc2-c2c(F)cccc2Cl)cc1. The van der Waals surface area contributed by atoms with Crippen molar-refractivity contribution in [3.8, 4) is 11.4 Å². The van der Waals surface area contributed by atoms with E-state index in [2.05, 4.69) is 9.72 Å². The van der Waals surface area contributed by atoms with Gasteiger partial charge in [-0.3, -0.25) is 0 Å². The molecule has 0 bridgehead atoms. The average molecular weight is 345 g/mol. The molecule has 2 aromatic carbocycles. The molecule has 0 atom stereocenters. The van der Waals surface area contributed by atoms with Crippen LogP contribution in [0.1, 0.15) is 15.9 Å². The van der Waals surface area contributed by atoms with Crippen molar-refractivity contribution in [1.29, 1.82) is 0 Å². The number of carbonyl (C=O) groups is 1. The maximum Gasteiger partial charge on any atom is 0.337 e. The zero-order valence-corrected chi connectivity index (χ0v) is 13.6. The number of ether oxygens (including phenoxy) is 1. The van der Waals surface area contributed by atoms with Crippen molar-refractivity contribution in [2.45, 2.75) is 6.54 Å². The zero-order chi connectivity index (χ0) is 17.1. The molecule has 0 aliphatic carbocycles. The molecule has 0 spiro atoms. The van der Waals surface area contributed by atoms with Crippen LogP contribution in [0.4, 0.5) is 4.39 Å². The van der Waals surface area contributed by atoms with Crippen molar-refractivity contribution in [2.24, 2.45) is 0 Å². The molecule has 3 aromatic rings. The van der Waals surface area contributed by atoms with Crippen molar-refractivity contribution < 1.29 is 13.9 Å². The van der Waals surface area contributed by atoms with Crippen molar-refractivity contribution in [3.05, 3.63) is 76.8 Å². The van der Waals surface area contributed by atoms with Crippen molar-refractivity contribution in [1.82, 2.24) is 9.55 Å². The summed E-state index contributed by atoms with van der Waals surface area (Å²) in [6, 6.07) is 11.6. The number of carbonyl (C=O) groups excluding carboxylic acids is 1. The molecular weight excluding hydrogens is 331 g/mol. The summed E-state index contributed by atoms with van der Waals surface area (Å²) in [6.07, 6.45) is 3.35. The number of aromatic nitrogens is 2. The van der Waals surface area contributed by atoms with Gasteiger partial charge in [-0.05, 0) is 29.8 Å². The van der Waals surface area contributed by atoms with E-state index in [9.17, 15) is 9.18 Å². The molecule has 0 unspecified atom stereocenters. The highest BCUT2D eigenvalue weighted by Gasteiger charge is 2.15. The highest BCUT2D eigenvalue weighted by atomic mass is 35.5. The number of esters is 1. The predicted octanol–water partition coefficient (Wildman–Crippen LogP) is 4.18. The number of rotatable bonds is 4. The standard InChI is InChI=1S/C18H14ClFN2O2/c1-24-18(23)13-7-5-12(6-8-13)11-22-10-9-21-17(22)16-14(19)3-2-4-15(16)20/h2-10H,11H2,1H3. The molecule has 0 fully saturated rings. The monoisotopic (exact) mass is 344 g/mol. The van der Waals surface area contributed by atoms with E-state index in [0.717, 1.165) is 5.56 Å². The molecule has 1 heterocycles. The number of methoxy groups -OCH3 is 1. The maximum atomic E-state index is 14.1. The van der Waals surface area contributed by atoms with Crippen LogP contribution in [0.2, 0.25) is 5.02 Å². The van der Waals surface area contributed by atoms with Crippen molar-refractivity contribution >= 4 is 17.6 Å². The lowest BCUT2D eigenvalue weighted by Crippen LogP contribution is -2.04. The van der Waals surface area contributed by atoms with E-state index in [-0.39, 0.29) is 11.5 Å². The van der Waals surface area contributed by atoms with Gasteiger partial charge in [0, 0.05) is 18.9 Å². The third-order valence-corrected chi connectivity index (χ3v) is 3.94. The number of hydrogen-bond acceptors (Lipinski definition) is 3. The summed E-state index contributed by atoms with van der Waals surface area (Å²) in [5.41, 5.74) is 1.69. The Morgan fingerprint density at radius 2 is 2.00 bits per heavy atom. The Labute approximate surface area is 143 Å². The fraction of sp³-hybridized carbons (Fsp3) is 0.111. The smallest absolute Gasteiger partial charge is 0.337 e. The van der Waals surface area contributed by atoms with E-state index >= 15 is 0 Å². The van der Waals surface area contributed by atoms with Gasteiger partial charge in [-0.25, -0.2) is 14.2 Å². The number of imidazole rings is 1. The van der Waals surface area contributed by atoms with Gasteiger partial charge in [0.25, 0.3) is 0 Å². The fourth-order valence-corrected chi connectivity index (χ4v) is 2.68. The predicted molar refractivity (Wildman–Crippen MR) is 89.5 cm³/mol. The van der Waals surface area contributed by atoms with Crippen LogP contribution in [-0.4, -0.2) is 22.6 Å². The van der Waals surface area contributed by atoms with Gasteiger partial charge in [0.2, 0.25) is 0 Å². The van der Waals surface area contributed by atoms with Gasteiger partial charge in [-0.1, -0.05) is 29.8 Å². The molecule has 0 amide bonds. The van der Waals surface area contributed by atoms with Crippen LogP contribution in [0, 0.1) is 5.82 Å². The molecule has 1 aromatic heterocycles. The molecule has 0 N–H and O–H groups in total. The Kier molecular flexibility index (Phi) is 4.62. The molecule has 0 aliphatic heterocycles.